The molecule has 0 bridgehead atoms. The smallest absolute Gasteiger partial charge is 0.410 e. The molecule has 0 aromatic carbocycles. The number of ketones is 1. The Balaban J connectivity index is 1.92. The Bertz CT molecular complexity index is 365. The minimum absolute atomic E-state index is 0.191. The number of likely N-dealkylation sites (tertiary alicyclic amines) is 1. The molecule has 0 radical (unpaired) electrons. The minimum atomic E-state index is -0.462. The second-order valence-electron chi connectivity index (χ2n) is 6.60. The van der Waals surface area contributed by atoms with Gasteiger partial charge in [-0.25, -0.2) is 4.79 Å². The summed E-state index contributed by atoms with van der Waals surface area (Å²) < 4.78 is 5.37. The number of ether oxygens (including phenoxy) is 1. The molecular formula is C14H24N2O3. The van der Waals surface area contributed by atoms with Crippen molar-refractivity contribution in [3.8, 4) is 0 Å². The number of carbonyl (C=O) groups excluding carboxylic acids is 2. The quantitative estimate of drug-likeness (QED) is 0.724. The molecule has 108 valence electrons. The van der Waals surface area contributed by atoms with Crippen molar-refractivity contribution >= 4 is 11.9 Å². The molecule has 0 aliphatic carbocycles. The van der Waals surface area contributed by atoms with Crippen LogP contribution in [0.4, 0.5) is 4.79 Å². The summed E-state index contributed by atoms with van der Waals surface area (Å²) >= 11 is 0. The number of hydrogen-bond acceptors (Lipinski definition) is 4. The number of Topliss-reactive ketones (excluding diaryl/α,β-unsaturated/α-hetero) is 1. The van der Waals surface area contributed by atoms with Crippen molar-refractivity contribution in [1.82, 2.24) is 10.2 Å². The van der Waals surface area contributed by atoms with Crippen LogP contribution in [0.25, 0.3) is 0 Å². The van der Waals surface area contributed by atoms with Gasteiger partial charge in [0.15, 0.2) is 5.78 Å². The molecule has 19 heavy (non-hydrogen) atoms. The van der Waals surface area contributed by atoms with Crippen molar-refractivity contribution in [3.05, 3.63) is 0 Å². The summed E-state index contributed by atoms with van der Waals surface area (Å²) in [5.41, 5.74) is -0.652. The van der Waals surface area contributed by atoms with Crippen molar-refractivity contribution in [2.24, 2.45) is 5.41 Å². The first-order valence-corrected chi connectivity index (χ1v) is 7.04. The lowest BCUT2D eigenvalue weighted by atomic mass is 9.71. The third kappa shape index (κ3) is 3.26. The molecule has 2 heterocycles. The molecule has 1 N–H and O–H groups in total. The normalized spacial score (nSPS) is 23.5. The molecule has 2 aliphatic rings. The zero-order valence-corrected chi connectivity index (χ0v) is 12.1. The first kappa shape index (κ1) is 14.3. The zero-order valence-electron chi connectivity index (χ0n) is 12.1. The molecule has 2 fully saturated rings. The summed E-state index contributed by atoms with van der Waals surface area (Å²) in [6.07, 6.45) is 2.18. The highest BCUT2D eigenvalue weighted by atomic mass is 16.6. The van der Waals surface area contributed by atoms with Crippen LogP contribution in [0.15, 0.2) is 0 Å². The van der Waals surface area contributed by atoms with Crippen LogP contribution in [0.1, 0.15) is 40.0 Å². The van der Waals surface area contributed by atoms with Gasteiger partial charge in [-0.15, -0.1) is 0 Å². The Morgan fingerprint density at radius 3 is 2.42 bits per heavy atom. The van der Waals surface area contributed by atoms with E-state index in [1.165, 1.54) is 0 Å². The Labute approximate surface area is 114 Å². The molecule has 0 saturated carbocycles. The molecule has 1 spiro atoms. The van der Waals surface area contributed by atoms with Crippen LogP contribution in [0.5, 0.6) is 0 Å². The van der Waals surface area contributed by atoms with Gasteiger partial charge in [0.25, 0.3) is 0 Å². The summed E-state index contributed by atoms with van der Waals surface area (Å²) in [7, 11) is 0. The molecule has 1 amide bonds. The number of piperidine rings is 2. The second-order valence-corrected chi connectivity index (χ2v) is 6.60. The van der Waals surface area contributed by atoms with E-state index in [-0.39, 0.29) is 11.5 Å². The number of nitrogens with zero attached hydrogens (tertiary/aromatic N) is 1. The van der Waals surface area contributed by atoms with Gasteiger partial charge < -0.3 is 15.0 Å². The lowest BCUT2D eigenvalue weighted by Crippen LogP contribution is -2.53. The van der Waals surface area contributed by atoms with E-state index in [2.05, 4.69) is 5.32 Å². The summed E-state index contributed by atoms with van der Waals surface area (Å²) in [4.78, 5) is 25.8. The lowest BCUT2D eigenvalue weighted by Gasteiger charge is -2.43. The Morgan fingerprint density at radius 2 is 1.89 bits per heavy atom. The summed E-state index contributed by atoms with van der Waals surface area (Å²) in [6.45, 7) is 8.23. The van der Waals surface area contributed by atoms with Gasteiger partial charge in [-0.1, -0.05) is 0 Å². The molecule has 0 aromatic rings. The predicted molar refractivity (Wildman–Crippen MR) is 72.0 cm³/mol. The van der Waals surface area contributed by atoms with Gasteiger partial charge in [0.05, 0.1) is 6.54 Å². The fourth-order valence-corrected chi connectivity index (χ4v) is 2.83. The van der Waals surface area contributed by atoms with Crippen molar-refractivity contribution in [2.45, 2.75) is 45.6 Å². The topological polar surface area (TPSA) is 58.6 Å². The maximum atomic E-state index is 12.1. The summed E-state index contributed by atoms with van der Waals surface area (Å²) in [5.74, 6) is 0.308. The van der Waals surface area contributed by atoms with E-state index in [9.17, 15) is 9.59 Å². The van der Waals surface area contributed by atoms with E-state index < -0.39 is 5.60 Å². The average molecular weight is 268 g/mol. The van der Waals surface area contributed by atoms with Crippen LogP contribution in [0, 0.1) is 5.41 Å². The molecule has 2 rings (SSSR count). The molecule has 5 nitrogen and oxygen atoms in total. The molecule has 5 heteroatoms. The third-order valence-electron chi connectivity index (χ3n) is 4.03. The standard InChI is InChI=1S/C14H24N2O3/c1-13(2,3)19-12(18)16-8-5-14(6-9-16)4-7-15-10-11(14)17/h15H,4-10H2,1-3H3. The van der Waals surface area contributed by atoms with Gasteiger partial charge in [0.1, 0.15) is 5.60 Å². The van der Waals surface area contributed by atoms with Gasteiger partial charge in [-0.2, -0.15) is 0 Å². The molecule has 0 unspecified atom stereocenters. The van der Waals surface area contributed by atoms with E-state index >= 15 is 0 Å². The third-order valence-corrected chi connectivity index (χ3v) is 4.03. The summed E-state index contributed by atoms with van der Waals surface area (Å²) in [6, 6.07) is 0. The van der Waals surface area contributed by atoms with Crippen molar-refractivity contribution in [3.63, 3.8) is 0 Å². The fourth-order valence-electron chi connectivity index (χ4n) is 2.83. The van der Waals surface area contributed by atoms with E-state index in [1.54, 1.807) is 4.90 Å². The second kappa shape index (κ2) is 5.12. The van der Waals surface area contributed by atoms with Crippen LogP contribution in [-0.4, -0.2) is 48.6 Å². The van der Waals surface area contributed by atoms with Crippen LogP contribution in [0.2, 0.25) is 0 Å². The molecule has 0 atom stereocenters. The van der Waals surface area contributed by atoms with Crippen LogP contribution >= 0.6 is 0 Å². The number of amides is 1. The highest BCUT2D eigenvalue weighted by Gasteiger charge is 2.43. The Hall–Kier alpha value is -1.10. The molecule has 0 aromatic heterocycles. The first-order chi connectivity index (χ1) is 8.82. The maximum Gasteiger partial charge on any atom is 0.410 e. The lowest BCUT2D eigenvalue weighted by molar-refractivity contribution is -0.133. The Kier molecular flexibility index (Phi) is 3.85. The molecule has 2 aliphatic heterocycles. The molecular weight excluding hydrogens is 244 g/mol. The molecule has 2 saturated heterocycles. The SMILES string of the molecule is CC(C)(C)OC(=O)N1CCC2(CCNCC2=O)CC1. The maximum absolute atomic E-state index is 12.1. The van der Waals surface area contributed by atoms with E-state index in [4.69, 9.17) is 4.74 Å². The van der Waals surface area contributed by atoms with E-state index in [0.29, 0.717) is 25.4 Å². The predicted octanol–water partition coefficient (Wildman–Crippen LogP) is 1.57. The van der Waals surface area contributed by atoms with Gasteiger partial charge in [-0.05, 0) is 46.6 Å². The summed E-state index contributed by atoms with van der Waals surface area (Å²) in [5, 5.41) is 3.12. The number of rotatable bonds is 0. The van der Waals surface area contributed by atoms with Gasteiger partial charge in [0, 0.05) is 18.5 Å². The van der Waals surface area contributed by atoms with Gasteiger partial charge >= 0.3 is 6.09 Å². The van der Waals surface area contributed by atoms with Gasteiger partial charge in [-0.3, -0.25) is 4.79 Å². The number of nitrogens with one attached hydrogen (secondary N) is 1. The largest absolute Gasteiger partial charge is 0.444 e. The fraction of sp³-hybridized carbons (Fsp3) is 0.857. The van der Waals surface area contributed by atoms with Crippen LogP contribution < -0.4 is 5.32 Å². The monoisotopic (exact) mass is 268 g/mol. The van der Waals surface area contributed by atoms with Crippen molar-refractivity contribution in [2.75, 3.05) is 26.2 Å². The number of hydrogen-bond donors (Lipinski definition) is 1. The minimum Gasteiger partial charge on any atom is -0.444 e. The highest BCUT2D eigenvalue weighted by Crippen LogP contribution is 2.37. The highest BCUT2D eigenvalue weighted by molar-refractivity contribution is 5.87. The van der Waals surface area contributed by atoms with E-state index in [1.807, 2.05) is 20.8 Å². The average Bonchev–Trinajstić information content (AvgIpc) is 2.32. The zero-order chi connectivity index (χ0) is 14.1. The van der Waals surface area contributed by atoms with Crippen molar-refractivity contribution < 1.29 is 14.3 Å². The first-order valence-electron chi connectivity index (χ1n) is 7.04. The van der Waals surface area contributed by atoms with Crippen molar-refractivity contribution in [1.29, 1.82) is 0 Å². The van der Waals surface area contributed by atoms with Crippen LogP contribution in [-0.2, 0) is 9.53 Å². The van der Waals surface area contributed by atoms with E-state index in [0.717, 1.165) is 25.8 Å². The van der Waals surface area contributed by atoms with Gasteiger partial charge in [0.2, 0.25) is 0 Å². The number of carbonyl (C=O) groups is 2. The Morgan fingerprint density at radius 1 is 1.26 bits per heavy atom. The van der Waals surface area contributed by atoms with Crippen LogP contribution in [0.3, 0.4) is 0 Å².